The fourth-order valence-corrected chi connectivity index (χ4v) is 2.45. The first-order valence-electron chi connectivity index (χ1n) is 6.87. The number of nitrogens with zero attached hydrogens (tertiary/aromatic N) is 1. The molecule has 5 heteroatoms. The molecule has 3 N–H and O–H groups in total. The highest BCUT2D eigenvalue weighted by Crippen LogP contribution is 2.21. The van der Waals surface area contributed by atoms with Crippen LogP contribution in [0.3, 0.4) is 0 Å². The zero-order valence-electron chi connectivity index (χ0n) is 11.7. The molecule has 18 heavy (non-hydrogen) atoms. The number of likely N-dealkylation sites (N-methyl/N-ethyl adjacent to an activating group) is 1. The molecule has 1 rings (SSSR count). The van der Waals surface area contributed by atoms with Crippen molar-refractivity contribution < 1.29 is 9.53 Å². The molecule has 1 atom stereocenters. The highest BCUT2D eigenvalue weighted by Gasteiger charge is 2.18. The van der Waals surface area contributed by atoms with E-state index in [-0.39, 0.29) is 12.5 Å². The summed E-state index contributed by atoms with van der Waals surface area (Å²) in [4.78, 5) is 13.9. The quantitative estimate of drug-likeness (QED) is 0.690. The smallest absolute Gasteiger partial charge is 0.239 e. The van der Waals surface area contributed by atoms with Crippen molar-refractivity contribution in [2.24, 2.45) is 5.73 Å². The van der Waals surface area contributed by atoms with Crippen LogP contribution in [-0.4, -0.2) is 56.7 Å². The van der Waals surface area contributed by atoms with Gasteiger partial charge in [-0.3, -0.25) is 4.79 Å². The zero-order chi connectivity index (χ0) is 13.4. The van der Waals surface area contributed by atoms with E-state index in [1.165, 1.54) is 32.1 Å². The predicted molar refractivity (Wildman–Crippen MR) is 72.4 cm³/mol. The Bertz CT molecular complexity index is 242. The number of hydrogen-bond donors (Lipinski definition) is 2. The van der Waals surface area contributed by atoms with Crippen molar-refractivity contribution in [2.75, 3.05) is 33.9 Å². The molecule has 5 nitrogen and oxygen atoms in total. The van der Waals surface area contributed by atoms with Gasteiger partial charge in [-0.2, -0.15) is 0 Å². The van der Waals surface area contributed by atoms with Gasteiger partial charge in [0.15, 0.2) is 0 Å². The van der Waals surface area contributed by atoms with Crippen molar-refractivity contribution in [3.63, 3.8) is 0 Å². The van der Waals surface area contributed by atoms with Gasteiger partial charge in [-0.15, -0.1) is 0 Å². The second kappa shape index (κ2) is 8.45. The average molecular weight is 257 g/mol. The third kappa shape index (κ3) is 5.33. The maximum absolute atomic E-state index is 11.6. The van der Waals surface area contributed by atoms with Gasteiger partial charge in [-0.05, 0) is 19.9 Å². The Hall–Kier alpha value is -0.650. The number of carbonyl (C=O) groups excluding carboxylic acids is 1. The first kappa shape index (κ1) is 15.4. The van der Waals surface area contributed by atoms with Crippen molar-refractivity contribution >= 4 is 5.91 Å². The van der Waals surface area contributed by atoms with Crippen molar-refractivity contribution in [2.45, 2.75) is 44.2 Å². The van der Waals surface area contributed by atoms with Gasteiger partial charge in [0.1, 0.15) is 6.04 Å². The minimum atomic E-state index is -0.560. The third-order valence-electron chi connectivity index (χ3n) is 3.64. The van der Waals surface area contributed by atoms with E-state index in [0.717, 1.165) is 6.54 Å². The molecule has 0 aromatic rings. The number of nitrogens with one attached hydrogen (secondary N) is 1. The van der Waals surface area contributed by atoms with E-state index in [4.69, 9.17) is 10.5 Å². The van der Waals surface area contributed by atoms with Crippen LogP contribution in [0.5, 0.6) is 0 Å². The molecule has 0 aromatic carbocycles. The van der Waals surface area contributed by atoms with Gasteiger partial charge >= 0.3 is 0 Å². The van der Waals surface area contributed by atoms with E-state index < -0.39 is 6.04 Å². The standard InChI is InChI=1S/C13H27N3O2/c1-16(11-6-4-3-5-7-11)9-8-15-13(17)12(14)10-18-2/h11-12H,3-10,14H2,1-2H3,(H,15,17). The second-order valence-corrected chi connectivity index (χ2v) is 5.13. The first-order valence-corrected chi connectivity index (χ1v) is 6.87. The normalized spacial score (nSPS) is 18.9. The highest BCUT2D eigenvalue weighted by molar-refractivity contribution is 5.81. The number of methoxy groups -OCH3 is 1. The maximum Gasteiger partial charge on any atom is 0.239 e. The number of hydrogen-bond acceptors (Lipinski definition) is 4. The molecule has 1 amide bonds. The molecular formula is C13H27N3O2. The molecule has 0 radical (unpaired) electrons. The van der Waals surface area contributed by atoms with E-state index in [2.05, 4.69) is 17.3 Å². The van der Waals surface area contributed by atoms with Gasteiger partial charge < -0.3 is 20.7 Å². The summed E-state index contributed by atoms with van der Waals surface area (Å²) in [5.41, 5.74) is 5.64. The van der Waals surface area contributed by atoms with Crippen LogP contribution in [0.1, 0.15) is 32.1 Å². The fraction of sp³-hybridized carbons (Fsp3) is 0.923. The summed E-state index contributed by atoms with van der Waals surface area (Å²) in [5, 5.41) is 2.85. The number of nitrogens with two attached hydrogens (primary N) is 1. The minimum absolute atomic E-state index is 0.131. The van der Waals surface area contributed by atoms with Crippen LogP contribution in [-0.2, 0) is 9.53 Å². The summed E-state index contributed by atoms with van der Waals surface area (Å²) in [6.45, 7) is 1.81. The number of rotatable bonds is 7. The summed E-state index contributed by atoms with van der Waals surface area (Å²) >= 11 is 0. The van der Waals surface area contributed by atoms with Gasteiger partial charge in [-0.25, -0.2) is 0 Å². The second-order valence-electron chi connectivity index (χ2n) is 5.13. The SMILES string of the molecule is COCC(N)C(=O)NCCN(C)C1CCCCC1. The molecule has 0 bridgehead atoms. The van der Waals surface area contributed by atoms with E-state index >= 15 is 0 Å². The molecule has 1 fully saturated rings. The van der Waals surface area contributed by atoms with Crippen LogP contribution in [0.15, 0.2) is 0 Å². The third-order valence-corrected chi connectivity index (χ3v) is 3.64. The lowest BCUT2D eigenvalue weighted by atomic mass is 9.94. The predicted octanol–water partition coefficient (Wildman–Crippen LogP) is 0.341. The minimum Gasteiger partial charge on any atom is -0.383 e. The Morgan fingerprint density at radius 3 is 2.72 bits per heavy atom. The number of amides is 1. The van der Waals surface area contributed by atoms with Crippen LogP contribution >= 0.6 is 0 Å². The Balaban J connectivity index is 2.14. The average Bonchev–Trinajstić information content (AvgIpc) is 2.39. The molecule has 0 spiro atoms. The molecule has 1 unspecified atom stereocenters. The van der Waals surface area contributed by atoms with Crippen molar-refractivity contribution in [3.8, 4) is 0 Å². The fourth-order valence-electron chi connectivity index (χ4n) is 2.45. The lowest BCUT2D eigenvalue weighted by Crippen LogP contribution is -2.46. The van der Waals surface area contributed by atoms with E-state index in [1.807, 2.05) is 0 Å². The van der Waals surface area contributed by atoms with E-state index in [9.17, 15) is 4.79 Å². The molecular weight excluding hydrogens is 230 g/mol. The molecule has 0 aliphatic heterocycles. The van der Waals surface area contributed by atoms with Gasteiger partial charge in [-0.1, -0.05) is 19.3 Å². The van der Waals surface area contributed by atoms with Crippen LogP contribution in [0.4, 0.5) is 0 Å². The van der Waals surface area contributed by atoms with Gasteiger partial charge in [0.25, 0.3) is 0 Å². The van der Waals surface area contributed by atoms with E-state index in [0.29, 0.717) is 12.6 Å². The Morgan fingerprint density at radius 2 is 2.11 bits per heavy atom. The summed E-state index contributed by atoms with van der Waals surface area (Å²) in [5.74, 6) is -0.131. The Morgan fingerprint density at radius 1 is 1.44 bits per heavy atom. The van der Waals surface area contributed by atoms with Crippen LogP contribution in [0, 0.1) is 0 Å². The van der Waals surface area contributed by atoms with E-state index in [1.54, 1.807) is 7.11 Å². The lowest BCUT2D eigenvalue weighted by molar-refractivity contribution is -0.123. The highest BCUT2D eigenvalue weighted by atomic mass is 16.5. The maximum atomic E-state index is 11.6. The number of carbonyl (C=O) groups is 1. The molecule has 0 saturated heterocycles. The van der Waals surface area contributed by atoms with Crippen molar-refractivity contribution in [1.29, 1.82) is 0 Å². The van der Waals surface area contributed by atoms with Crippen LogP contribution < -0.4 is 11.1 Å². The number of ether oxygens (including phenoxy) is 1. The van der Waals surface area contributed by atoms with Crippen molar-refractivity contribution in [1.82, 2.24) is 10.2 Å². The van der Waals surface area contributed by atoms with Crippen LogP contribution in [0.25, 0.3) is 0 Å². The van der Waals surface area contributed by atoms with Crippen molar-refractivity contribution in [3.05, 3.63) is 0 Å². The molecule has 0 heterocycles. The van der Waals surface area contributed by atoms with Gasteiger partial charge in [0, 0.05) is 26.2 Å². The largest absolute Gasteiger partial charge is 0.383 e. The van der Waals surface area contributed by atoms with Gasteiger partial charge in [0.2, 0.25) is 5.91 Å². The first-order chi connectivity index (χ1) is 8.65. The molecule has 1 aliphatic rings. The lowest BCUT2D eigenvalue weighted by Gasteiger charge is -2.31. The van der Waals surface area contributed by atoms with Gasteiger partial charge in [0.05, 0.1) is 6.61 Å². The molecule has 0 aromatic heterocycles. The Labute approximate surface area is 110 Å². The molecule has 1 saturated carbocycles. The Kier molecular flexibility index (Phi) is 7.23. The topological polar surface area (TPSA) is 67.6 Å². The summed E-state index contributed by atoms with van der Waals surface area (Å²) in [7, 11) is 3.68. The monoisotopic (exact) mass is 257 g/mol. The van der Waals surface area contributed by atoms with Crippen LogP contribution in [0.2, 0.25) is 0 Å². The molecule has 1 aliphatic carbocycles. The summed E-state index contributed by atoms with van der Waals surface area (Å²) in [6, 6.07) is 0.123. The summed E-state index contributed by atoms with van der Waals surface area (Å²) < 4.78 is 4.85. The molecule has 106 valence electrons. The summed E-state index contributed by atoms with van der Waals surface area (Å²) in [6.07, 6.45) is 6.61. The zero-order valence-corrected chi connectivity index (χ0v) is 11.7.